The number of carbonyl (C=O) groups excluding carboxylic acids is 2. The number of piperidine rings is 1. The number of likely N-dealkylation sites (tertiary alicyclic amines) is 1. The number of nitrogens with one attached hydrogen (secondary N) is 1. The Labute approximate surface area is 216 Å². The van der Waals surface area contributed by atoms with Crippen LogP contribution in [0.25, 0.3) is 10.4 Å². The fourth-order valence-corrected chi connectivity index (χ4v) is 5.89. The molecule has 1 aliphatic carbocycles. The molecular weight excluding hydrogens is 510 g/mol. The van der Waals surface area contributed by atoms with Crippen LogP contribution in [-0.2, 0) is 22.1 Å². The van der Waals surface area contributed by atoms with E-state index in [0.717, 1.165) is 25.0 Å². The van der Waals surface area contributed by atoms with Crippen molar-refractivity contribution in [1.29, 1.82) is 5.26 Å². The maximum absolute atomic E-state index is 14.9. The van der Waals surface area contributed by atoms with Crippen LogP contribution in [0.2, 0.25) is 0 Å². The zero-order chi connectivity index (χ0) is 27.1. The molecule has 2 fully saturated rings. The Morgan fingerprint density at radius 1 is 1.22 bits per heavy atom. The lowest BCUT2D eigenvalue weighted by molar-refractivity contribution is -0.134. The lowest BCUT2D eigenvalue weighted by Gasteiger charge is -2.35. The molecule has 198 valence electrons. The van der Waals surface area contributed by atoms with Gasteiger partial charge in [0.05, 0.1) is 6.07 Å². The summed E-state index contributed by atoms with van der Waals surface area (Å²) in [7, 11) is 0. The van der Waals surface area contributed by atoms with Crippen molar-refractivity contribution >= 4 is 23.3 Å². The molecule has 0 spiro atoms. The van der Waals surface area contributed by atoms with Crippen molar-refractivity contribution in [3.8, 4) is 16.5 Å². The molecule has 37 heavy (non-hydrogen) atoms. The van der Waals surface area contributed by atoms with Gasteiger partial charge in [-0.15, -0.1) is 11.3 Å². The van der Waals surface area contributed by atoms with E-state index in [-0.39, 0.29) is 34.4 Å². The van der Waals surface area contributed by atoms with Crippen molar-refractivity contribution in [3.05, 3.63) is 46.6 Å². The summed E-state index contributed by atoms with van der Waals surface area (Å²) in [4.78, 5) is 27.0. The van der Waals surface area contributed by atoms with E-state index in [0.29, 0.717) is 17.8 Å². The van der Waals surface area contributed by atoms with E-state index in [9.17, 15) is 32.4 Å². The van der Waals surface area contributed by atoms with Crippen LogP contribution in [0.5, 0.6) is 0 Å². The van der Waals surface area contributed by atoms with E-state index < -0.39 is 46.6 Å². The van der Waals surface area contributed by atoms with Crippen LogP contribution in [0.3, 0.4) is 0 Å². The van der Waals surface area contributed by atoms with Gasteiger partial charge in [0.25, 0.3) is 0 Å². The van der Waals surface area contributed by atoms with E-state index in [1.807, 2.05) is 6.07 Å². The van der Waals surface area contributed by atoms with Crippen molar-refractivity contribution in [2.75, 3.05) is 0 Å². The normalized spacial score (nSPS) is 22.0. The summed E-state index contributed by atoms with van der Waals surface area (Å²) in [5, 5.41) is 12.3. The Morgan fingerprint density at radius 3 is 2.54 bits per heavy atom. The third-order valence-electron chi connectivity index (χ3n) is 6.58. The molecule has 2 aliphatic rings. The molecule has 2 heterocycles. The zero-order valence-electron chi connectivity index (χ0n) is 20.6. The van der Waals surface area contributed by atoms with E-state index in [1.165, 1.54) is 23.1 Å². The number of hydrogen-bond acceptors (Lipinski definition) is 5. The Kier molecular flexibility index (Phi) is 7.25. The number of nitriles is 1. The zero-order valence-corrected chi connectivity index (χ0v) is 21.4. The van der Waals surface area contributed by atoms with Crippen LogP contribution in [0.15, 0.2) is 30.3 Å². The Hall–Kier alpha value is -3.13. The number of thiophene rings is 1. The monoisotopic (exact) mass is 537 g/mol. The number of ether oxygens (including phenoxy) is 1. The van der Waals surface area contributed by atoms with Gasteiger partial charge in [-0.1, -0.05) is 12.1 Å². The molecule has 1 saturated heterocycles. The van der Waals surface area contributed by atoms with E-state index >= 15 is 0 Å². The molecule has 6 nitrogen and oxygen atoms in total. The summed E-state index contributed by atoms with van der Waals surface area (Å²) >= 11 is 0.516. The smallest absolute Gasteiger partial charge is 0.425 e. The van der Waals surface area contributed by atoms with Crippen LogP contribution in [0.1, 0.15) is 50.5 Å². The first-order valence-electron chi connectivity index (χ1n) is 11.9. The first kappa shape index (κ1) is 26.9. The average Bonchev–Trinajstić information content (AvgIpc) is 3.54. The van der Waals surface area contributed by atoms with E-state index in [4.69, 9.17) is 4.74 Å². The predicted molar refractivity (Wildman–Crippen MR) is 129 cm³/mol. The highest BCUT2D eigenvalue weighted by atomic mass is 32.1. The second-order valence-corrected chi connectivity index (χ2v) is 11.5. The lowest BCUT2D eigenvalue weighted by Crippen LogP contribution is -2.55. The number of carbonyl (C=O) groups is 2. The minimum absolute atomic E-state index is 0.0414. The molecule has 4 rings (SSSR count). The Bertz CT molecular complexity index is 1230. The van der Waals surface area contributed by atoms with E-state index in [2.05, 4.69) is 5.32 Å². The second-order valence-electron chi connectivity index (χ2n) is 10.4. The molecule has 4 atom stereocenters. The molecule has 2 amide bonds. The fourth-order valence-electron chi connectivity index (χ4n) is 5.02. The third kappa shape index (κ3) is 5.90. The number of alkyl halides is 3. The maximum Gasteiger partial charge on any atom is 0.425 e. The SMILES string of the molecule is CC(C)(C)OC(=O)N1[C@@H]2CC[C@@H](C2)[C@H]1C(=O)N[C@H](C#N)Cc1ccc(-c2ccc(C(F)(F)F)s2)cc1F. The van der Waals surface area contributed by atoms with E-state index in [1.54, 1.807) is 20.8 Å². The summed E-state index contributed by atoms with van der Waals surface area (Å²) in [6.07, 6.45) is -2.94. The van der Waals surface area contributed by atoms with Crippen LogP contribution in [0.4, 0.5) is 22.4 Å². The molecular formula is C26H27F4N3O3S. The maximum atomic E-state index is 14.9. The first-order valence-corrected chi connectivity index (χ1v) is 12.8. The average molecular weight is 538 g/mol. The molecule has 11 heteroatoms. The predicted octanol–water partition coefficient (Wildman–Crippen LogP) is 5.91. The molecule has 2 aromatic rings. The largest absolute Gasteiger partial charge is 0.444 e. The minimum Gasteiger partial charge on any atom is -0.444 e. The standard InChI is InChI=1S/C26H27F4N3O3S/c1-25(2,3)36-24(35)33-18-7-6-16(11-18)22(33)23(34)32-17(13-31)10-14-4-5-15(12-19(14)27)20-8-9-21(37-20)26(28,29)30/h4-5,8-9,12,16-18,22H,6-7,10-11H2,1-3H3,(H,32,34)/t16-,17-,18+,22-/m0/s1. The van der Waals surface area contributed by atoms with Crippen molar-refractivity contribution in [2.24, 2.45) is 5.92 Å². The third-order valence-corrected chi connectivity index (χ3v) is 7.76. The van der Waals surface area contributed by atoms with Gasteiger partial charge >= 0.3 is 12.3 Å². The Balaban J connectivity index is 1.45. The van der Waals surface area contributed by atoms with Gasteiger partial charge in [0.2, 0.25) is 5.91 Å². The molecule has 1 aromatic carbocycles. The van der Waals surface area contributed by atoms with Gasteiger partial charge in [-0.05, 0) is 75.3 Å². The van der Waals surface area contributed by atoms with Gasteiger partial charge in [-0.25, -0.2) is 9.18 Å². The molecule has 2 bridgehead atoms. The quantitative estimate of drug-likeness (QED) is 0.481. The molecule has 1 saturated carbocycles. The van der Waals surface area contributed by atoms with Crippen LogP contribution in [-0.4, -0.2) is 40.6 Å². The van der Waals surface area contributed by atoms with Crippen molar-refractivity contribution < 1.29 is 31.9 Å². The van der Waals surface area contributed by atoms with Crippen molar-refractivity contribution in [2.45, 2.75) is 76.4 Å². The number of hydrogen-bond donors (Lipinski definition) is 1. The van der Waals surface area contributed by atoms with Gasteiger partial charge in [0, 0.05) is 17.3 Å². The summed E-state index contributed by atoms with van der Waals surface area (Å²) in [5.74, 6) is -1.22. The van der Waals surface area contributed by atoms with Gasteiger partial charge in [-0.3, -0.25) is 9.69 Å². The highest BCUT2D eigenvalue weighted by Crippen LogP contribution is 2.43. The lowest BCUT2D eigenvalue weighted by atomic mass is 9.97. The number of rotatable bonds is 5. The fraction of sp³-hybridized carbons (Fsp3) is 0.500. The number of fused-ring (bicyclic) bond motifs is 2. The first-order chi connectivity index (χ1) is 17.3. The number of amides is 2. The minimum atomic E-state index is -4.47. The molecule has 1 aliphatic heterocycles. The van der Waals surface area contributed by atoms with Gasteiger partial charge in [0.15, 0.2) is 0 Å². The highest BCUT2D eigenvalue weighted by Gasteiger charge is 2.52. The topological polar surface area (TPSA) is 82.4 Å². The van der Waals surface area contributed by atoms with Crippen LogP contribution < -0.4 is 5.32 Å². The summed E-state index contributed by atoms with van der Waals surface area (Å²) in [6.45, 7) is 5.23. The summed E-state index contributed by atoms with van der Waals surface area (Å²) in [6, 6.07) is 6.28. The number of nitrogens with zero attached hydrogens (tertiary/aromatic N) is 2. The molecule has 0 unspecified atom stereocenters. The molecule has 1 N–H and O–H groups in total. The van der Waals surface area contributed by atoms with Gasteiger partial charge in [-0.2, -0.15) is 18.4 Å². The van der Waals surface area contributed by atoms with Crippen molar-refractivity contribution in [1.82, 2.24) is 10.2 Å². The highest BCUT2D eigenvalue weighted by molar-refractivity contribution is 7.15. The second kappa shape index (κ2) is 9.97. The summed E-state index contributed by atoms with van der Waals surface area (Å²) in [5.41, 5.74) is -0.301. The molecule has 1 aromatic heterocycles. The molecule has 0 radical (unpaired) electrons. The van der Waals surface area contributed by atoms with Crippen molar-refractivity contribution in [3.63, 3.8) is 0 Å². The number of halogens is 4. The summed E-state index contributed by atoms with van der Waals surface area (Å²) < 4.78 is 59.0. The number of benzene rings is 1. The Morgan fingerprint density at radius 2 is 1.95 bits per heavy atom. The van der Waals surface area contributed by atoms with Gasteiger partial charge < -0.3 is 10.1 Å². The van der Waals surface area contributed by atoms with Crippen LogP contribution >= 0.6 is 11.3 Å². The van der Waals surface area contributed by atoms with Crippen LogP contribution in [0, 0.1) is 23.1 Å². The van der Waals surface area contributed by atoms with Gasteiger partial charge in [0.1, 0.15) is 28.4 Å².